The number of hydrogen-bond acceptors (Lipinski definition) is 2. The van der Waals surface area contributed by atoms with Crippen LogP contribution in [0.3, 0.4) is 0 Å². The Morgan fingerprint density at radius 1 is 1.41 bits per heavy atom. The van der Waals surface area contributed by atoms with Crippen LogP contribution in [0.15, 0.2) is 12.1 Å². The summed E-state index contributed by atoms with van der Waals surface area (Å²) in [6.07, 6.45) is -5.14. The first-order chi connectivity index (χ1) is 7.79. The van der Waals surface area contributed by atoms with Crippen molar-refractivity contribution >= 4 is 17.4 Å². The molecule has 1 aromatic carbocycles. The Hall–Kier alpha value is -1.30. The topological polar surface area (TPSA) is 26.3 Å². The summed E-state index contributed by atoms with van der Waals surface area (Å²) in [6, 6.07) is 1.66. The molecule has 1 aromatic rings. The Bertz CT molecular complexity index is 443. The maximum atomic E-state index is 13.6. The van der Waals surface area contributed by atoms with Crippen molar-refractivity contribution in [1.29, 1.82) is 0 Å². The highest BCUT2D eigenvalue weighted by Gasteiger charge is 2.41. The molecule has 94 valence electrons. The van der Waals surface area contributed by atoms with E-state index in [0.717, 1.165) is 6.07 Å². The van der Waals surface area contributed by atoms with E-state index in [4.69, 9.17) is 16.3 Å². The summed E-state index contributed by atoms with van der Waals surface area (Å²) in [7, 11) is 0. The number of benzene rings is 1. The fourth-order valence-corrected chi connectivity index (χ4v) is 1.34. The Morgan fingerprint density at radius 2 is 2.00 bits per heavy atom. The largest absolute Gasteiger partial charge is 0.489 e. The van der Waals surface area contributed by atoms with Crippen LogP contribution in [-0.4, -0.2) is 18.6 Å². The van der Waals surface area contributed by atoms with Crippen LogP contribution in [0.25, 0.3) is 0 Å². The van der Waals surface area contributed by atoms with Crippen molar-refractivity contribution in [1.82, 2.24) is 0 Å². The fourth-order valence-electron chi connectivity index (χ4n) is 1.14. The van der Waals surface area contributed by atoms with Crippen LogP contribution in [-0.2, 0) is 0 Å². The van der Waals surface area contributed by atoms with Gasteiger partial charge in [0.2, 0.25) is 0 Å². The molecule has 7 heteroatoms. The molecule has 0 N–H and O–H groups in total. The van der Waals surface area contributed by atoms with E-state index in [1.165, 1.54) is 6.92 Å². The van der Waals surface area contributed by atoms with Crippen molar-refractivity contribution in [3.8, 4) is 5.75 Å². The molecule has 0 saturated heterocycles. The van der Waals surface area contributed by atoms with Gasteiger partial charge in [-0.05, 0) is 19.1 Å². The van der Waals surface area contributed by atoms with Gasteiger partial charge < -0.3 is 4.74 Å². The Kier molecular flexibility index (Phi) is 3.98. The zero-order chi connectivity index (χ0) is 13.2. The number of hydrogen-bond donors (Lipinski definition) is 0. The SMILES string of the molecule is CCOc1c(Cl)ccc(C(=O)C(F)(F)F)c1F. The van der Waals surface area contributed by atoms with Gasteiger partial charge in [0.1, 0.15) is 0 Å². The van der Waals surface area contributed by atoms with Crippen LogP contribution >= 0.6 is 11.6 Å². The molecular weight excluding hydrogens is 264 g/mol. The normalized spacial score (nSPS) is 11.4. The van der Waals surface area contributed by atoms with Crippen molar-refractivity contribution in [3.05, 3.63) is 28.5 Å². The van der Waals surface area contributed by atoms with Crippen LogP contribution in [0, 0.1) is 5.82 Å². The Labute approximate surface area is 99.1 Å². The molecule has 0 saturated carbocycles. The van der Waals surface area contributed by atoms with Gasteiger partial charge in [0, 0.05) is 0 Å². The lowest BCUT2D eigenvalue weighted by Crippen LogP contribution is -2.24. The van der Waals surface area contributed by atoms with Crippen molar-refractivity contribution in [2.24, 2.45) is 0 Å². The summed E-state index contributed by atoms with van der Waals surface area (Å²) in [6.45, 7) is 1.52. The zero-order valence-corrected chi connectivity index (χ0v) is 9.32. The average molecular weight is 271 g/mol. The van der Waals surface area contributed by atoms with Crippen LogP contribution in [0.5, 0.6) is 5.75 Å². The Morgan fingerprint density at radius 3 is 2.47 bits per heavy atom. The van der Waals surface area contributed by atoms with Crippen LogP contribution < -0.4 is 4.74 Å². The van der Waals surface area contributed by atoms with Gasteiger partial charge in [0.05, 0.1) is 17.2 Å². The first kappa shape index (κ1) is 13.8. The number of ether oxygens (including phenoxy) is 1. The quantitative estimate of drug-likeness (QED) is 0.619. The van der Waals surface area contributed by atoms with Crippen LogP contribution in [0.2, 0.25) is 5.02 Å². The van der Waals surface area contributed by atoms with Crippen molar-refractivity contribution in [3.63, 3.8) is 0 Å². The second kappa shape index (κ2) is 4.91. The highest BCUT2D eigenvalue weighted by Crippen LogP contribution is 2.33. The average Bonchev–Trinajstić information content (AvgIpc) is 2.22. The number of carbonyl (C=O) groups excluding carboxylic acids is 1. The molecule has 17 heavy (non-hydrogen) atoms. The number of rotatable bonds is 3. The van der Waals surface area contributed by atoms with Crippen LogP contribution in [0.1, 0.15) is 17.3 Å². The monoisotopic (exact) mass is 270 g/mol. The van der Waals surface area contributed by atoms with Gasteiger partial charge in [-0.15, -0.1) is 0 Å². The third-order valence-corrected chi connectivity index (χ3v) is 2.14. The lowest BCUT2D eigenvalue weighted by Gasteiger charge is -2.11. The van der Waals surface area contributed by atoms with E-state index in [0.29, 0.717) is 6.07 Å². The van der Waals surface area contributed by atoms with Gasteiger partial charge in [-0.1, -0.05) is 11.6 Å². The molecule has 0 atom stereocenters. The standard InChI is InChI=1S/C10H7ClF4O2/c1-2-17-8-6(11)4-3-5(7(8)12)9(16)10(13,14)15/h3-4H,2H2,1H3. The maximum absolute atomic E-state index is 13.6. The molecule has 2 nitrogen and oxygen atoms in total. The summed E-state index contributed by atoms with van der Waals surface area (Å²) in [4.78, 5) is 10.9. The number of carbonyl (C=O) groups is 1. The molecule has 0 aromatic heterocycles. The molecule has 0 spiro atoms. The van der Waals surface area contributed by atoms with E-state index < -0.39 is 29.1 Å². The number of alkyl halides is 3. The minimum Gasteiger partial charge on any atom is -0.489 e. The molecule has 0 aliphatic carbocycles. The van der Waals surface area contributed by atoms with Gasteiger partial charge in [-0.3, -0.25) is 4.79 Å². The number of Topliss-reactive ketones (excluding diaryl/α,β-unsaturated/α-hetero) is 1. The van der Waals surface area contributed by atoms with Crippen LogP contribution in [0.4, 0.5) is 17.6 Å². The third kappa shape index (κ3) is 2.88. The van der Waals surface area contributed by atoms with Gasteiger partial charge in [0.25, 0.3) is 5.78 Å². The highest BCUT2D eigenvalue weighted by molar-refractivity contribution is 6.32. The van der Waals surface area contributed by atoms with E-state index in [1.807, 2.05) is 0 Å². The van der Waals surface area contributed by atoms with Crippen molar-refractivity contribution in [2.75, 3.05) is 6.61 Å². The van der Waals surface area contributed by atoms with Crippen molar-refractivity contribution in [2.45, 2.75) is 13.1 Å². The summed E-state index contributed by atoms with van der Waals surface area (Å²) < 4.78 is 54.7. The van der Waals surface area contributed by atoms with Crippen molar-refractivity contribution < 1.29 is 27.1 Å². The van der Waals surface area contributed by atoms with Gasteiger partial charge in [-0.25, -0.2) is 4.39 Å². The minimum atomic E-state index is -5.14. The summed E-state index contributed by atoms with van der Waals surface area (Å²) in [5.74, 6) is -4.22. The molecule has 1 rings (SSSR count). The summed E-state index contributed by atoms with van der Waals surface area (Å²) in [5, 5.41) is -0.192. The molecule has 0 fully saturated rings. The lowest BCUT2D eigenvalue weighted by atomic mass is 10.1. The highest BCUT2D eigenvalue weighted by atomic mass is 35.5. The molecular formula is C10H7ClF4O2. The lowest BCUT2D eigenvalue weighted by molar-refractivity contribution is -0.0887. The van der Waals surface area contributed by atoms with Gasteiger partial charge in [-0.2, -0.15) is 13.2 Å². The van der Waals surface area contributed by atoms with Gasteiger partial charge >= 0.3 is 6.18 Å². The van der Waals surface area contributed by atoms with E-state index in [1.54, 1.807) is 0 Å². The van der Waals surface area contributed by atoms with E-state index in [9.17, 15) is 22.4 Å². The number of ketones is 1. The fraction of sp³-hybridized carbons (Fsp3) is 0.300. The Balaban J connectivity index is 3.28. The maximum Gasteiger partial charge on any atom is 0.454 e. The van der Waals surface area contributed by atoms with E-state index in [-0.39, 0.29) is 11.6 Å². The molecule has 0 amide bonds. The second-order valence-corrected chi connectivity index (χ2v) is 3.41. The third-order valence-electron chi connectivity index (χ3n) is 1.84. The smallest absolute Gasteiger partial charge is 0.454 e. The van der Waals surface area contributed by atoms with E-state index >= 15 is 0 Å². The summed E-state index contributed by atoms with van der Waals surface area (Å²) in [5.41, 5.74) is -1.11. The predicted molar refractivity (Wildman–Crippen MR) is 53.0 cm³/mol. The van der Waals surface area contributed by atoms with E-state index in [2.05, 4.69) is 0 Å². The number of halogens is 5. The second-order valence-electron chi connectivity index (χ2n) is 3.00. The first-order valence-electron chi connectivity index (χ1n) is 4.51. The molecule has 0 radical (unpaired) electrons. The zero-order valence-electron chi connectivity index (χ0n) is 8.57. The molecule has 0 bridgehead atoms. The summed E-state index contributed by atoms with van der Waals surface area (Å²) >= 11 is 5.54. The molecule has 0 unspecified atom stereocenters. The minimum absolute atomic E-state index is 0.0142. The molecule has 0 heterocycles. The molecule has 0 aliphatic rings. The predicted octanol–water partition coefficient (Wildman–Crippen LogP) is 3.62. The first-order valence-corrected chi connectivity index (χ1v) is 4.89. The van der Waals surface area contributed by atoms with Gasteiger partial charge in [0.15, 0.2) is 11.6 Å². The molecule has 0 aliphatic heterocycles.